The van der Waals surface area contributed by atoms with Crippen LogP contribution in [0.2, 0.25) is 0 Å². The van der Waals surface area contributed by atoms with E-state index in [1.54, 1.807) is 45.0 Å². The number of nitrogens with zero attached hydrogens (tertiary/aromatic N) is 1. The molecule has 0 saturated carbocycles. The quantitative estimate of drug-likeness (QED) is 0.921. The Morgan fingerprint density at radius 3 is 2.30 bits per heavy atom. The number of amides is 1. The summed E-state index contributed by atoms with van der Waals surface area (Å²) >= 11 is 0. The van der Waals surface area contributed by atoms with Crippen LogP contribution >= 0.6 is 0 Å². The van der Waals surface area contributed by atoms with Crippen LogP contribution in [0.1, 0.15) is 26.3 Å². The lowest BCUT2D eigenvalue weighted by Gasteiger charge is -2.30. The maximum absolute atomic E-state index is 11.9. The Kier molecular flexibility index (Phi) is 5.13. The molecule has 0 atom stereocenters. The van der Waals surface area contributed by atoms with E-state index in [1.165, 1.54) is 7.05 Å². The maximum atomic E-state index is 11.9. The van der Waals surface area contributed by atoms with Gasteiger partial charge in [-0.15, -0.1) is 0 Å². The number of carbonyl (C=O) groups is 1. The number of rotatable bonds is 4. The average Bonchev–Trinajstić information content (AvgIpc) is 2.35. The number of hydrogen-bond acceptors (Lipinski definition) is 4. The van der Waals surface area contributed by atoms with Crippen LogP contribution in [0.15, 0.2) is 30.3 Å². The molecular formula is C13H20N2O4S. The SMILES string of the molecule is CN(C(C)(C)C)S(=O)(=O)NC(=O)OCc1ccccc1. The lowest BCUT2D eigenvalue weighted by molar-refractivity contribution is 0.145. The van der Waals surface area contributed by atoms with Gasteiger partial charge in [0.05, 0.1) is 0 Å². The van der Waals surface area contributed by atoms with Crippen LogP contribution < -0.4 is 4.72 Å². The molecule has 1 amide bonds. The van der Waals surface area contributed by atoms with Gasteiger partial charge in [-0.2, -0.15) is 12.7 Å². The fraction of sp³-hybridized carbons (Fsp3) is 0.462. The summed E-state index contributed by atoms with van der Waals surface area (Å²) in [6.45, 7) is 5.19. The molecule has 0 aromatic heterocycles. The van der Waals surface area contributed by atoms with Crippen molar-refractivity contribution in [3.63, 3.8) is 0 Å². The molecule has 0 aliphatic heterocycles. The summed E-state index contributed by atoms with van der Waals surface area (Å²) in [5, 5.41) is 0. The smallest absolute Gasteiger partial charge is 0.422 e. The van der Waals surface area contributed by atoms with Crippen LogP contribution in [-0.4, -0.2) is 31.4 Å². The van der Waals surface area contributed by atoms with E-state index in [0.717, 1.165) is 9.87 Å². The van der Waals surface area contributed by atoms with Gasteiger partial charge >= 0.3 is 16.3 Å². The molecule has 1 aromatic rings. The van der Waals surface area contributed by atoms with Gasteiger partial charge in [0, 0.05) is 12.6 Å². The van der Waals surface area contributed by atoms with Crippen LogP contribution in [0.5, 0.6) is 0 Å². The van der Waals surface area contributed by atoms with Crippen LogP contribution in [0.4, 0.5) is 4.79 Å². The Morgan fingerprint density at radius 2 is 1.80 bits per heavy atom. The van der Waals surface area contributed by atoms with Crippen molar-refractivity contribution in [3.8, 4) is 0 Å². The number of hydrogen-bond donors (Lipinski definition) is 1. The van der Waals surface area contributed by atoms with Crippen molar-refractivity contribution in [2.45, 2.75) is 32.9 Å². The summed E-state index contributed by atoms with van der Waals surface area (Å²) in [6, 6.07) is 9.01. The average molecular weight is 300 g/mol. The van der Waals surface area contributed by atoms with E-state index in [-0.39, 0.29) is 6.61 Å². The highest BCUT2D eigenvalue weighted by Gasteiger charge is 2.30. The Morgan fingerprint density at radius 1 is 1.25 bits per heavy atom. The van der Waals surface area contributed by atoms with Gasteiger partial charge in [-0.05, 0) is 26.3 Å². The minimum absolute atomic E-state index is 0.0153. The zero-order valence-electron chi connectivity index (χ0n) is 12.1. The largest absolute Gasteiger partial charge is 0.444 e. The summed E-state index contributed by atoms with van der Waals surface area (Å²) in [7, 11) is -2.52. The third-order valence-electron chi connectivity index (χ3n) is 2.73. The molecule has 112 valence electrons. The van der Waals surface area contributed by atoms with Crippen molar-refractivity contribution in [2.24, 2.45) is 0 Å². The Balaban J connectivity index is 2.58. The molecule has 0 saturated heterocycles. The Bertz CT molecular complexity index is 549. The fourth-order valence-electron chi connectivity index (χ4n) is 1.29. The molecule has 0 heterocycles. The molecule has 0 unspecified atom stereocenters. The Hall–Kier alpha value is -1.60. The third-order valence-corrected chi connectivity index (χ3v) is 4.42. The molecule has 1 rings (SSSR count). The van der Waals surface area contributed by atoms with E-state index in [4.69, 9.17) is 4.74 Å². The van der Waals surface area contributed by atoms with E-state index in [2.05, 4.69) is 0 Å². The minimum atomic E-state index is -3.91. The lowest BCUT2D eigenvalue weighted by Crippen LogP contribution is -2.49. The number of carbonyl (C=O) groups excluding carboxylic acids is 1. The first kappa shape index (κ1) is 16.5. The topological polar surface area (TPSA) is 75.7 Å². The molecule has 7 heteroatoms. The molecule has 0 aliphatic carbocycles. The number of nitrogens with one attached hydrogen (secondary N) is 1. The summed E-state index contributed by atoms with van der Waals surface area (Å²) in [5.74, 6) is 0. The molecule has 0 aliphatic rings. The molecule has 6 nitrogen and oxygen atoms in total. The van der Waals surface area contributed by atoms with Gasteiger partial charge in [0.15, 0.2) is 0 Å². The highest BCUT2D eigenvalue weighted by Crippen LogP contribution is 2.14. The first-order valence-corrected chi connectivity index (χ1v) is 7.54. The van der Waals surface area contributed by atoms with Crippen molar-refractivity contribution in [1.29, 1.82) is 0 Å². The summed E-state index contributed by atoms with van der Waals surface area (Å²) in [6.07, 6.45) is -0.995. The highest BCUT2D eigenvalue weighted by molar-refractivity contribution is 7.87. The minimum Gasteiger partial charge on any atom is -0.444 e. The van der Waals surface area contributed by atoms with Gasteiger partial charge in [0.2, 0.25) is 0 Å². The van der Waals surface area contributed by atoms with E-state index in [0.29, 0.717) is 0 Å². The van der Waals surface area contributed by atoms with Gasteiger partial charge in [-0.1, -0.05) is 30.3 Å². The molecule has 0 fully saturated rings. The second-order valence-corrected chi connectivity index (χ2v) is 7.01. The first-order valence-electron chi connectivity index (χ1n) is 6.10. The van der Waals surface area contributed by atoms with Crippen molar-refractivity contribution in [1.82, 2.24) is 9.03 Å². The number of ether oxygens (including phenoxy) is 1. The van der Waals surface area contributed by atoms with Gasteiger partial charge in [-0.3, -0.25) is 0 Å². The predicted octanol–water partition coefficient (Wildman–Crippen LogP) is 1.89. The first-order chi connectivity index (χ1) is 9.13. The fourth-order valence-corrected chi connectivity index (χ4v) is 2.41. The zero-order chi connectivity index (χ0) is 15.4. The monoisotopic (exact) mass is 300 g/mol. The maximum Gasteiger partial charge on any atom is 0.422 e. The van der Waals surface area contributed by atoms with E-state index in [1.807, 2.05) is 10.8 Å². The third kappa shape index (κ3) is 4.82. The molecule has 0 bridgehead atoms. The molecule has 1 aromatic carbocycles. The van der Waals surface area contributed by atoms with Crippen LogP contribution in [0, 0.1) is 0 Å². The van der Waals surface area contributed by atoms with Crippen molar-refractivity contribution >= 4 is 16.3 Å². The molecule has 0 spiro atoms. The molecule has 20 heavy (non-hydrogen) atoms. The van der Waals surface area contributed by atoms with Crippen LogP contribution in [0.3, 0.4) is 0 Å². The van der Waals surface area contributed by atoms with E-state index < -0.39 is 21.8 Å². The van der Waals surface area contributed by atoms with Crippen molar-refractivity contribution in [2.75, 3.05) is 7.05 Å². The Labute approximate surface area is 119 Å². The second-order valence-electron chi connectivity index (χ2n) is 5.31. The number of benzene rings is 1. The summed E-state index contributed by atoms with van der Waals surface area (Å²) in [4.78, 5) is 11.5. The zero-order valence-corrected chi connectivity index (χ0v) is 12.9. The lowest BCUT2D eigenvalue weighted by atomic mass is 10.1. The van der Waals surface area contributed by atoms with Crippen molar-refractivity contribution in [3.05, 3.63) is 35.9 Å². The van der Waals surface area contributed by atoms with Gasteiger partial charge in [0.1, 0.15) is 6.61 Å². The van der Waals surface area contributed by atoms with E-state index in [9.17, 15) is 13.2 Å². The normalized spacial score (nSPS) is 12.2. The van der Waals surface area contributed by atoms with Gasteiger partial charge < -0.3 is 4.74 Å². The van der Waals surface area contributed by atoms with Crippen molar-refractivity contribution < 1.29 is 17.9 Å². The standard InChI is InChI=1S/C13H20N2O4S/c1-13(2,3)15(4)20(17,18)14-12(16)19-10-11-8-6-5-7-9-11/h5-9H,10H2,1-4H3,(H,14,16). The summed E-state index contributed by atoms with van der Waals surface area (Å²) < 4.78 is 31.6. The predicted molar refractivity (Wildman–Crippen MR) is 76.2 cm³/mol. The molecule has 0 radical (unpaired) electrons. The van der Waals surface area contributed by atoms with Crippen LogP contribution in [0.25, 0.3) is 0 Å². The van der Waals surface area contributed by atoms with E-state index >= 15 is 0 Å². The molecular weight excluding hydrogens is 280 g/mol. The molecule has 1 N–H and O–H groups in total. The summed E-state index contributed by atoms with van der Waals surface area (Å²) in [5.41, 5.74) is 0.148. The van der Waals surface area contributed by atoms with Gasteiger partial charge in [0.25, 0.3) is 0 Å². The highest BCUT2D eigenvalue weighted by atomic mass is 32.2. The van der Waals surface area contributed by atoms with Crippen LogP contribution in [-0.2, 0) is 21.6 Å². The van der Waals surface area contributed by atoms with Gasteiger partial charge in [-0.25, -0.2) is 9.52 Å². The second kappa shape index (κ2) is 6.23.